The number of carbonyl (C=O) groups excluding carboxylic acids is 1. The monoisotopic (exact) mass is 297 g/mol. The molecule has 1 aliphatic heterocycles. The fourth-order valence-corrected chi connectivity index (χ4v) is 2.47. The smallest absolute Gasteiger partial charge is 0.226 e. The number of nitrogens with zero attached hydrogens (tertiary/aromatic N) is 2. The molecule has 1 amide bonds. The third kappa shape index (κ3) is 3.98. The highest BCUT2D eigenvalue weighted by atomic mass is 35.5. The van der Waals surface area contributed by atoms with Crippen molar-refractivity contribution >= 4 is 30.7 Å². The van der Waals surface area contributed by atoms with Crippen LogP contribution in [0.1, 0.15) is 26.2 Å². The summed E-state index contributed by atoms with van der Waals surface area (Å²) in [5.41, 5.74) is 5.53. The normalized spacial score (nSPS) is 22.4. The second-order valence-corrected chi connectivity index (χ2v) is 5.08. The van der Waals surface area contributed by atoms with Gasteiger partial charge in [-0.3, -0.25) is 9.69 Å². The molecule has 0 aromatic carbocycles. The lowest BCUT2D eigenvalue weighted by molar-refractivity contribution is -0.137. The van der Waals surface area contributed by atoms with Crippen LogP contribution >= 0.6 is 24.8 Å². The summed E-state index contributed by atoms with van der Waals surface area (Å²) in [4.78, 5) is 16.4. The molecule has 1 aliphatic carbocycles. The van der Waals surface area contributed by atoms with Gasteiger partial charge in [-0.2, -0.15) is 0 Å². The zero-order chi connectivity index (χ0) is 11.5. The van der Waals surface area contributed by atoms with Crippen LogP contribution < -0.4 is 5.73 Å². The summed E-state index contributed by atoms with van der Waals surface area (Å²) in [6.07, 6.45) is 4.09. The van der Waals surface area contributed by atoms with Crippen LogP contribution in [0.5, 0.6) is 0 Å². The van der Waals surface area contributed by atoms with Crippen LogP contribution in [0.4, 0.5) is 0 Å². The highest BCUT2D eigenvalue weighted by Gasteiger charge is 2.30. The molecule has 18 heavy (non-hydrogen) atoms. The van der Waals surface area contributed by atoms with Crippen LogP contribution in [-0.4, -0.2) is 54.5 Å². The molecule has 2 rings (SSSR count). The van der Waals surface area contributed by atoms with E-state index < -0.39 is 0 Å². The number of hydrogen-bond acceptors (Lipinski definition) is 3. The first-order chi connectivity index (χ1) is 7.72. The average Bonchev–Trinajstić information content (AvgIpc) is 2.26. The zero-order valence-corrected chi connectivity index (χ0v) is 12.6. The van der Waals surface area contributed by atoms with Gasteiger partial charge in [-0.05, 0) is 12.8 Å². The molecule has 1 atom stereocenters. The van der Waals surface area contributed by atoms with Gasteiger partial charge in [0.05, 0.1) is 0 Å². The summed E-state index contributed by atoms with van der Waals surface area (Å²) in [7, 11) is 0. The van der Waals surface area contributed by atoms with Crippen LogP contribution in [0.15, 0.2) is 0 Å². The Morgan fingerprint density at radius 3 is 2.17 bits per heavy atom. The molecule has 1 unspecified atom stereocenters. The van der Waals surface area contributed by atoms with Crippen molar-refractivity contribution in [1.82, 2.24) is 9.80 Å². The standard InChI is InChI=1S/C12H23N3O.2ClH/c1-10(9-13)12(16)15-7-5-14(6-8-15)11-3-2-4-11;;/h10-11H,2-9,13H2,1H3;2*1H. The number of rotatable bonds is 3. The van der Waals surface area contributed by atoms with E-state index >= 15 is 0 Å². The number of hydrogen-bond donors (Lipinski definition) is 1. The molecule has 2 aliphatic rings. The van der Waals surface area contributed by atoms with E-state index in [0.717, 1.165) is 32.2 Å². The molecule has 6 heteroatoms. The summed E-state index contributed by atoms with van der Waals surface area (Å²) in [6, 6.07) is 0.809. The molecular weight excluding hydrogens is 273 g/mol. The first kappa shape index (κ1) is 18.0. The van der Waals surface area contributed by atoms with E-state index in [1.807, 2.05) is 11.8 Å². The van der Waals surface area contributed by atoms with Gasteiger partial charge in [0.25, 0.3) is 0 Å². The average molecular weight is 298 g/mol. The number of halogens is 2. The molecule has 4 nitrogen and oxygen atoms in total. The van der Waals surface area contributed by atoms with Crippen molar-refractivity contribution in [3.8, 4) is 0 Å². The summed E-state index contributed by atoms with van der Waals surface area (Å²) < 4.78 is 0. The van der Waals surface area contributed by atoms with E-state index in [1.165, 1.54) is 19.3 Å². The second kappa shape index (κ2) is 8.20. The van der Waals surface area contributed by atoms with Gasteiger partial charge in [-0.15, -0.1) is 24.8 Å². The lowest BCUT2D eigenvalue weighted by atomic mass is 9.91. The van der Waals surface area contributed by atoms with Crippen LogP contribution in [0, 0.1) is 5.92 Å². The van der Waals surface area contributed by atoms with Crippen molar-refractivity contribution < 1.29 is 4.79 Å². The maximum atomic E-state index is 11.9. The van der Waals surface area contributed by atoms with E-state index in [1.54, 1.807) is 0 Å². The third-order valence-corrected chi connectivity index (χ3v) is 3.99. The van der Waals surface area contributed by atoms with E-state index in [9.17, 15) is 4.79 Å². The lowest BCUT2D eigenvalue weighted by Crippen LogP contribution is -2.54. The van der Waals surface area contributed by atoms with Gasteiger partial charge in [-0.1, -0.05) is 13.3 Å². The Labute approximate surface area is 122 Å². The predicted octanol–water partition coefficient (Wildman–Crippen LogP) is 1.12. The van der Waals surface area contributed by atoms with E-state index in [0.29, 0.717) is 6.54 Å². The molecule has 1 saturated heterocycles. The summed E-state index contributed by atoms with van der Waals surface area (Å²) in [5, 5.41) is 0. The van der Waals surface area contributed by atoms with Gasteiger partial charge < -0.3 is 10.6 Å². The van der Waals surface area contributed by atoms with Crippen molar-refractivity contribution in [2.45, 2.75) is 32.2 Å². The molecule has 2 fully saturated rings. The molecule has 1 heterocycles. The first-order valence-electron chi connectivity index (χ1n) is 6.45. The molecule has 108 valence electrons. The maximum absolute atomic E-state index is 11.9. The molecule has 0 spiro atoms. The van der Waals surface area contributed by atoms with Crippen LogP contribution in [-0.2, 0) is 4.79 Å². The van der Waals surface area contributed by atoms with Gasteiger partial charge >= 0.3 is 0 Å². The number of nitrogens with two attached hydrogens (primary N) is 1. The first-order valence-corrected chi connectivity index (χ1v) is 6.45. The van der Waals surface area contributed by atoms with Gasteiger partial charge in [0, 0.05) is 44.7 Å². The zero-order valence-electron chi connectivity index (χ0n) is 11.0. The van der Waals surface area contributed by atoms with Crippen molar-refractivity contribution in [2.75, 3.05) is 32.7 Å². The van der Waals surface area contributed by atoms with Crippen LogP contribution in [0.3, 0.4) is 0 Å². The second-order valence-electron chi connectivity index (χ2n) is 5.08. The minimum Gasteiger partial charge on any atom is -0.340 e. The molecule has 0 radical (unpaired) electrons. The van der Waals surface area contributed by atoms with Crippen molar-refractivity contribution in [3.05, 3.63) is 0 Å². The molecule has 2 N–H and O–H groups in total. The minimum absolute atomic E-state index is 0. The Morgan fingerprint density at radius 2 is 1.78 bits per heavy atom. The van der Waals surface area contributed by atoms with Crippen molar-refractivity contribution in [3.63, 3.8) is 0 Å². The Balaban J connectivity index is 0.00000144. The molecule has 0 aromatic rings. The summed E-state index contributed by atoms with van der Waals surface area (Å²) in [5.74, 6) is 0.214. The van der Waals surface area contributed by atoms with Crippen LogP contribution in [0.25, 0.3) is 0 Å². The van der Waals surface area contributed by atoms with Gasteiger partial charge in [0.15, 0.2) is 0 Å². The van der Waals surface area contributed by atoms with Crippen molar-refractivity contribution in [2.24, 2.45) is 11.7 Å². The Bertz CT molecular complexity index is 254. The van der Waals surface area contributed by atoms with Crippen molar-refractivity contribution in [1.29, 1.82) is 0 Å². The van der Waals surface area contributed by atoms with Gasteiger partial charge in [-0.25, -0.2) is 0 Å². The molecule has 0 bridgehead atoms. The Morgan fingerprint density at radius 1 is 1.22 bits per heavy atom. The Hall–Kier alpha value is -0.0300. The quantitative estimate of drug-likeness (QED) is 0.849. The highest BCUT2D eigenvalue weighted by molar-refractivity contribution is 5.85. The lowest BCUT2D eigenvalue weighted by Gasteiger charge is -2.43. The van der Waals surface area contributed by atoms with Gasteiger partial charge in [0.1, 0.15) is 0 Å². The topological polar surface area (TPSA) is 49.6 Å². The van der Waals surface area contributed by atoms with Crippen LogP contribution in [0.2, 0.25) is 0 Å². The van der Waals surface area contributed by atoms with E-state index in [4.69, 9.17) is 5.73 Å². The number of amides is 1. The fraction of sp³-hybridized carbons (Fsp3) is 0.917. The molecule has 0 aromatic heterocycles. The summed E-state index contributed by atoms with van der Waals surface area (Å²) >= 11 is 0. The fourth-order valence-electron chi connectivity index (χ4n) is 2.47. The molecular formula is C12H25Cl2N3O. The highest BCUT2D eigenvalue weighted by Crippen LogP contribution is 2.25. The third-order valence-electron chi connectivity index (χ3n) is 3.99. The summed E-state index contributed by atoms with van der Waals surface area (Å²) in [6.45, 7) is 6.25. The maximum Gasteiger partial charge on any atom is 0.226 e. The number of piperazine rings is 1. The van der Waals surface area contributed by atoms with E-state index in [-0.39, 0.29) is 36.6 Å². The van der Waals surface area contributed by atoms with E-state index in [2.05, 4.69) is 4.90 Å². The number of carbonyl (C=O) groups is 1. The predicted molar refractivity (Wildman–Crippen MR) is 78.5 cm³/mol. The Kier molecular flexibility index (Phi) is 8.19. The van der Waals surface area contributed by atoms with Gasteiger partial charge in [0.2, 0.25) is 5.91 Å². The minimum atomic E-state index is -0.0183. The molecule has 1 saturated carbocycles. The SMILES string of the molecule is CC(CN)C(=O)N1CCN(C2CCC2)CC1.Cl.Cl. The largest absolute Gasteiger partial charge is 0.340 e.